The average molecular weight is 460 g/mol. The lowest BCUT2D eigenvalue weighted by Crippen LogP contribution is -2.51. The van der Waals surface area contributed by atoms with Crippen LogP contribution in [0.5, 0.6) is 0 Å². The highest BCUT2D eigenvalue weighted by Crippen LogP contribution is 2.16. The van der Waals surface area contributed by atoms with E-state index in [0.717, 1.165) is 11.3 Å². The normalized spacial score (nSPS) is 13.2. The van der Waals surface area contributed by atoms with Gasteiger partial charge in [0.1, 0.15) is 6.54 Å². The van der Waals surface area contributed by atoms with Gasteiger partial charge in [-0.15, -0.1) is 0 Å². The van der Waals surface area contributed by atoms with Crippen molar-refractivity contribution in [3.05, 3.63) is 102 Å². The SMILES string of the molecule is CN(C)c1ccc(C(=O)N2CCN(Cc3ccccc3)C(=O)C2)cc1.COCc1ccccc1. The second-order valence-corrected chi connectivity index (χ2v) is 8.39. The standard InChI is InChI=1S/C20H23N3O2.C8H10O/c1-21(2)18-10-8-17(9-11-18)20(25)23-13-12-22(19(24)15-23)14-16-6-4-3-5-7-16;1-9-7-8-5-3-2-4-6-8/h3-11H,12-15H2,1-2H3;2-6H,7H2,1H3. The Balaban J connectivity index is 0.000000302. The fourth-order valence-electron chi connectivity index (χ4n) is 3.68. The molecule has 1 heterocycles. The fraction of sp³-hybridized carbons (Fsp3) is 0.286. The molecular formula is C28H33N3O3. The molecule has 0 spiro atoms. The highest BCUT2D eigenvalue weighted by atomic mass is 16.5. The first kappa shape index (κ1) is 25.0. The van der Waals surface area contributed by atoms with Gasteiger partial charge in [0.15, 0.2) is 0 Å². The second kappa shape index (κ2) is 12.6. The molecular weight excluding hydrogens is 426 g/mol. The molecule has 178 valence electrons. The first-order valence-electron chi connectivity index (χ1n) is 11.4. The third kappa shape index (κ3) is 7.18. The molecule has 3 aromatic rings. The van der Waals surface area contributed by atoms with Gasteiger partial charge in [-0.1, -0.05) is 60.7 Å². The number of carbonyl (C=O) groups is 2. The Labute approximate surface area is 202 Å². The molecule has 0 radical (unpaired) electrons. The number of nitrogens with zero attached hydrogens (tertiary/aromatic N) is 3. The van der Waals surface area contributed by atoms with E-state index >= 15 is 0 Å². The first-order valence-corrected chi connectivity index (χ1v) is 11.4. The van der Waals surface area contributed by atoms with Crippen molar-refractivity contribution in [2.75, 3.05) is 45.7 Å². The summed E-state index contributed by atoms with van der Waals surface area (Å²) < 4.78 is 4.93. The summed E-state index contributed by atoms with van der Waals surface area (Å²) in [6.07, 6.45) is 0. The summed E-state index contributed by atoms with van der Waals surface area (Å²) in [7, 11) is 5.62. The molecule has 0 bridgehead atoms. The zero-order chi connectivity index (χ0) is 24.3. The summed E-state index contributed by atoms with van der Waals surface area (Å²) in [6, 6.07) is 27.5. The van der Waals surface area contributed by atoms with E-state index in [9.17, 15) is 9.59 Å². The van der Waals surface area contributed by atoms with E-state index in [1.807, 2.05) is 109 Å². The van der Waals surface area contributed by atoms with Crippen LogP contribution in [0.3, 0.4) is 0 Å². The maximum absolute atomic E-state index is 12.6. The molecule has 0 saturated carbocycles. The number of carbonyl (C=O) groups excluding carboxylic acids is 2. The van der Waals surface area contributed by atoms with Crippen molar-refractivity contribution >= 4 is 17.5 Å². The highest BCUT2D eigenvalue weighted by molar-refractivity contribution is 5.97. The Morgan fingerprint density at radius 3 is 1.97 bits per heavy atom. The quantitative estimate of drug-likeness (QED) is 0.558. The van der Waals surface area contributed by atoms with Crippen LogP contribution in [0.2, 0.25) is 0 Å². The van der Waals surface area contributed by atoms with Gasteiger partial charge in [-0.3, -0.25) is 9.59 Å². The van der Waals surface area contributed by atoms with E-state index in [2.05, 4.69) is 0 Å². The van der Waals surface area contributed by atoms with Crippen LogP contribution in [0.25, 0.3) is 0 Å². The minimum atomic E-state index is -0.0852. The van der Waals surface area contributed by atoms with Crippen LogP contribution >= 0.6 is 0 Å². The molecule has 2 amide bonds. The van der Waals surface area contributed by atoms with Gasteiger partial charge >= 0.3 is 0 Å². The summed E-state index contributed by atoms with van der Waals surface area (Å²) in [5, 5.41) is 0. The lowest BCUT2D eigenvalue weighted by atomic mass is 10.1. The number of piperazine rings is 1. The molecule has 1 aliphatic heterocycles. The summed E-state index contributed by atoms with van der Waals surface area (Å²) in [4.78, 5) is 30.5. The molecule has 4 rings (SSSR count). The zero-order valence-electron chi connectivity index (χ0n) is 20.2. The molecule has 3 aromatic carbocycles. The minimum absolute atomic E-state index is 0.00614. The second-order valence-electron chi connectivity index (χ2n) is 8.39. The van der Waals surface area contributed by atoms with Gasteiger partial charge in [0.2, 0.25) is 5.91 Å². The number of benzene rings is 3. The van der Waals surface area contributed by atoms with E-state index in [-0.39, 0.29) is 18.4 Å². The van der Waals surface area contributed by atoms with Crippen LogP contribution in [0.4, 0.5) is 5.69 Å². The average Bonchev–Trinajstić information content (AvgIpc) is 2.87. The number of ether oxygens (including phenoxy) is 1. The predicted octanol–water partition coefficient (Wildman–Crippen LogP) is 4.07. The van der Waals surface area contributed by atoms with Gasteiger partial charge in [-0.25, -0.2) is 0 Å². The topological polar surface area (TPSA) is 53.1 Å². The molecule has 0 aromatic heterocycles. The predicted molar refractivity (Wildman–Crippen MR) is 136 cm³/mol. The Morgan fingerprint density at radius 1 is 0.853 bits per heavy atom. The first-order chi connectivity index (χ1) is 16.5. The summed E-state index contributed by atoms with van der Waals surface area (Å²) >= 11 is 0. The van der Waals surface area contributed by atoms with Crippen LogP contribution in [0.15, 0.2) is 84.9 Å². The van der Waals surface area contributed by atoms with Crippen molar-refractivity contribution in [3.63, 3.8) is 0 Å². The zero-order valence-corrected chi connectivity index (χ0v) is 20.2. The molecule has 1 fully saturated rings. The molecule has 6 heteroatoms. The number of methoxy groups -OCH3 is 1. The number of hydrogen-bond acceptors (Lipinski definition) is 4. The summed E-state index contributed by atoms with van der Waals surface area (Å²) in [6.45, 7) is 2.57. The van der Waals surface area contributed by atoms with E-state index in [4.69, 9.17) is 4.74 Å². The minimum Gasteiger partial charge on any atom is -0.380 e. The van der Waals surface area contributed by atoms with Crippen molar-refractivity contribution < 1.29 is 14.3 Å². The van der Waals surface area contributed by atoms with Gasteiger partial charge < -0.3 is 19.4 Å². The van der Waals surface area contributed by atoms with Gasteiger partial charge in [0.25, 0.3) is 5.91 Å². The number of rotatable bonds is 6. The Bertz CT molecular complexity index is 1040. The van der Waals surface area contributed by atoms with Gasteiger partial charge in [0, 0.05) is 52.1 Å². The number of anilines is 1. The maximum Gasteiger partial charge on any atom is 0.254 e. The van der Waals surface area contributed by atoms with Crippen molar-refractivity contribution in [1.29, 1.82) is 0 Å². The lowest BCUT2D eigenvalue weighted by Gasteiger charge is -2.34. The molecule has 6 nitrogen and oxygen atoms in total. The van der Waals surface area contributed by atoms with Crippen molar-refractivity contribution in [2.45, 2.75) is 13.2 Å². The van der Waals surface area contributed by atoms with E-state index in [0.29, 0.717) is 31.8 Å². The van der Waals surface area contributed by atoms with Gasteiger partial charge in [-0.05, 0) is 35.4 Å². The van der Waals surface area contributed by atoms with E-state index in [1.165, 1.54) is 5.56 Å². The Hall–Kier alpha value is -3.64. The summed E-state index contributed by atoms with van der Waals surface area (Å²) in [5.41, 5.74) is 3.99. The van der Waals surface area contributed by atoms with E-state index in [1.54, 1.807) is 12.0 Å². The number of amides is 2. The van der Waals surface area contributed by atoms with Crippen LogP contribution in [-0.4, -0.2) is 62.5 Å². The van der Waals surface area contributed by atoms with Gasteiger partial charge in [0.05, 0.1) is 6.61 Å². The molecule has 0 aliphatic carbocycles. The Morgan fingerprint density at radius 2 is 1.44 bits per heavy atom. The molecule has 1 saturated heterocycles. The maximum atomic E-state index is 12.6. The van der Waals surface area contributed by atoms with Crippen molar-refractivity contribution in [2.24, 2.45) is 0 Å². The number of hydrogen-bond donors (Lipinski definition) is 0. The van der Waals surface area contributed by atoms with Crippen LogP contribution in [0, 0.1) is 0 Å². The molecule has 34 heavy (non-hydrogen) atoms. The third-order valence-electron chi connectivity index (χ3n) is 5.61. The monoisotopic (exact) mass is 459 g/mol. The highest BCUT2D eigenvalue weighted by Gasteiger charge is 2.27. The molecule has 0 unspecified atom stereocenters. The summed E-state index contributed by atoms with van der Waals surface area (Å²) in [5.74, 6) is -0.0913. The fourth-order valence-corrected chi connectivity index (χ4v) is 3.68. The van der Waals surface area contributed by atoms with E-state index < -0.39 is 0 Å². The van der Waals surface area contributed by atoms with Crippen LogP contribution < -0.4 is 4.90 Å². The van der Waals surface area contributed by atoms with Crippen LogP contribution in [-0.2, 0) is 22.7 Å². The van der Waals surface area contributed by atoms with Gasteiger partial charge in [-0.2, -0.15) is 0 Å². The lowest BCUT2D eigenvalue weighted by molar-refractivity contribution is -0.135. The van der Waals surface area contributed by atoms with Crippen molar-refractivity contribution in [1.82, 2.24) is 9.80 Å². The largest absolute Gasteiger partial charge is 0.380 e. The molecule has 1 aliphatic rings. The third-order valence-corrected chi connectivity index (χ3v) is 5.61. The van der Waals surface area contributed by atoms with Crippen molar-refractivity contribution in [3.8, 4) is 0 Å². The molecule has 0 atom stereocenters. The Kier molecular flexibility index (Phi) is 9.23. The molecule has 0 N–H and O–H groups in total. The van der Waals surface area contributed by atoms with Crippen LogP contribution in [0.1, 0.15) is 21.5 Å². The smallest absolute Gasteiger partial charge is 0.254 e.